The molecule has 0 N–H and O–H groups in total. The summed E-state index contributed by atoms with van der Waals surface area (Å²) >= 11 is 0. The molecule has 45 heavy (non-hydrogen) atoms. The van der Waals surface area contributed by atoms with Crippen LogP contribution in [0, 0.1) is 34.0 Å². The maximum Gasteiger partial charge on any atom is 0.159 e. The molecule has 9 aromatic rings. The third kappa shape index (κ3) is 3.41. The fourth-order valence-corrected chi connectivity index (χ4v) is 6.83. The van der Waals surface area contributed by atoms with Crippen LogP contribution < -0.4 is 0 Å². The number of furan rings is 1. The van der Waals surface area contributed by atoms with E-state index in [2.05, 4.69) is 69.8 Å². The Bertz CT molecular complexity index is 2790. The fraction of sp³-hybridized carbons (Fsp3) is 0. The lowest BCUT2D eigenvalue weighted by Gasteiger charge is -2.11. The Hall–Kier alpha value is -6.81. The summed E-state index contributed by atoms with van der Waals surface area (Å²) in [6, 6.07) is 44.7. The lowest BCUT2D eigenvalue weighted by atomic mass is 10.1. The molecule has 3 heterocycles. The van der Waals surface area contributed by atoms with Gasteiger partial charge in [0.25, 0.3) is 0 Å². The van der Waals surface area contributed by atoms with Gasteiger partial charge < -0.3 is 13.6 Å². The van der Waals surface area contributed by atoms with Gasteiger partial charge in [-0.1, -0.05) is 30.3 Å². The highest BCUT2D eigenvalue weighted by Gasteiger charge is 2.20. The molecule has 0 aliphatic heterocycles. The highest BCUT2D eigenvalue weighted by atomic mass is 16.3. The van der Waals surface area contributed by atoms with Crippen molar-refractivity contribution >= 4 is 65.6 Å². The van der Waals surface area contributed by atoms with Gasteiger partial charge in [0, 0.05) is 38.0 Å². The van der Waals surface area contributed by atoms with Crippen LogP contribution in [-0.4, -0.2) is 9.13 Å². The number of aromatic nitrogens is 2. The van der Waals surface area contributed by atoms with E-state index in [-0.39, 0.29) is 0 Å². The largest absolute Gasteiger partial charge is 0.454 e. The molecular weight excluding hydrogens is 554 g/mol. The predicted octanol–water partition coefficient (Wildman–Crippen LogP) is 9.40. The molecule has 0 unspecified atom stereocenters. The van der Waals surface area contributed by atoms with Crippen molar-refractivity contribution in [1.82, 2.24) is 9.13 Å². The topological polar surface area (TPSA) is 94.4 Å². The van der Waals surface area contributed by atoms with Crippen LogP contribution in [0.5, 0.6) is 0 Å². The summed E-state index contributed by atoms with van der Waals surface area (Å²) in [5.41, 5.74) is 9.16. The molecule has 6 heteroatoms. The molecule has 0 radical (unpaired) electrons. The van der Waals surface area contributed by atoms with Gasteiger partial charge >= 0.3 is 0 Å². The first-order valence-corrected chi connectivity index (χ1v) is 14.4. The Balaban J connectivity index is 1.34. The average molecular weight is 574 g/mol. The van der Waals surface area contributed by atoms with Crippen LogP contribution in [0.15, 0.2) is 120 Å². The second-order valence-corrected chi connectivity index (χ2v) is 11.2. The first-order chi connectivity index (χ1) is 22.2. The Morgan fingerprint density at radius 2 is 1.00 bits per heavy atom. The molecule has 0 spiro atoms. The molecule has 0 bridgehead atoms. The van der Waals surface area contributed by atoms with Crippen LogP contribution in [0.1, 0.15) is 16.7 Å². The number of nitrogens with zero attached hydrogens (tertiary/aromatic N) is 5. The smallest absolute Gasteiger partial charge is 0.159 e. The summed E-state index contributed by atoms with van der Waals surface area (Å²) in [6.45, 7) is 0. The van der Waals surface area contributed by atoms with Crippen molar-refractivity contribution in [3.63, 3.8) is 0 Å². The van der Waals surface area contributed by atoms with E-state index >= 15 is 0 Å². The first-order valence-electron chi connectivity index (χ1n) is 14.4. The minimum Gasteiger partial charge on any atom is -0.454 e. The van der Waals surface area contributed by atoms with Gasteiger partial charge in [-0.05, 0) is 84.9 Å². The van der Waals surface area contributed by atoms with Crippen LogP contribution in [0.3, 0.4) is 0 Å². The quantitative estimate of drug-likeness (QED) is 0.206. The van der Waals surface area contributed by atoms with Crippen molar-refractivity contribution in [1.29, 1.82) is 15.8 Å². The van der Waals surface area contributed by atoms with Crippen molar-refractivity contribution in [2.45, 2.75) is 0 Å². The summed E-state index contributed by atoms with van der Waals surface area (Å²) in [4.78, 5) is 0. The number of benzene rings is 6. The minimum atomic E-state index is 0.575. The number of para-hydroxylation sites is 2. The molecule has 0 aliphatic carbocycles. The standard InChI is InChI=1S/C39H19N5O/c40-20-23-8-12-34-29(16-23)30-17-24(21-41)9-13-35(30)43(34)26-11-14-36-31(19-26)27-4-1-2-6-33(27)44(36)37-7-3-5-28-32-18-25(22-42)10-15-38(32)45-39(28)37/h1-19H. The molecule has 9 rings (SSSR count). The number of rotatable bonds is 2. The van der Waals surface area contributed by atoms with E-state index in [0.717, 1.165) is 76.9 Å². The van der Waals surface area contributed by atoms with Gasteiger partial charge in [0.2, 0.25) is 0 Å². The van der Waals surface area contributed by atoms with Crippen LogP contribution >= 0.6 is 0 Å². The lowest BCUT2D eigenvalue weighted by Crippen LogP contribution is -1.96. The van der Waals surface area contributed by atoms with E-state index in [4.69, 9.17) is 4.42 Å². The summed E-state index contributed by atoms with van der Waals surface area (Å²) in [7, 11) is 0. The Labute approximate surface area is 256 Å². The zero-order chi connectivity index (χ0) is 30.2. The van der Waals surface area contributed by atoms with Gasteiger partial charge in [-0.3, -0.25) is 0 Å². The maximum absolute atomic E-state index is 9.61. The summed E-state index contributed by atoms with van der Waals surface area (Å²) in [5.74, 6) is 0. The van der Waals surface area contributed by atoms with Gasteiger partial charge in [0.05, 0.1) is 62.7 Å². The molecule has 206 valence electrons. The zero-order valence-electron chi connectivity index (χ0n) is 23.6. The summed E-state index contributed by atoms with van der Waals surface area (Å²) < 4.78 is 10.9. The molecule has 3 aromatic heterocycles. The van der Waals surface area contributed by atoms with E-state index in [1.165, 1.54) is 0 Å². The van der Waals surface area contributed by atoms with E-state index < -0.39 is 0 Å². The second-order valence-electron chi connectivity index (χ2n) is 11.2. The number of hydrogen-bond donors (Lipinski definition) is 0. The highest BCUT2D eigenvalue weighted by Crippen LogP contribution is 2.40. The lowest BCUT2D eigenvalue weighted by molar-refractivity contribution is 0.666. The molecule has 0 fully saturated rings. The van der Waals surface area contributed by atoms with Gasteiger partial charge in [-0.15, -0.1) is 0 Å². The third-order valence-electron chi connectivity index (χ3n) is 8.78. The number of nitriles is 3. The minimum absolute atomic E-state index is 0.575. The Morgan fingerprint density at radius 1 is 0.444 bits per heavy atom. The van der Waals surface area contributed by atoms with Crippen molar-refractivity contribution in [3.05, 3.63) is 132 Å². The SMILES string of the molecule is N#Cc1ccc2oc3c(-n4c5ccccc5c5cc(-n6c7ccc(C#N)cc7c7cc(C#N)ccc76)ccc54)cccc3c2c1. The monoisotopic (exact) mass is 573 g/mol. The molecule has 0 atom stereocenters. The van der Waals surface area contributed by atoms with Crippen molar-refractivity contribution < 1.29 is 4.42 Å². The third-order valence-corrected chi connectivity index (χ3v) is 8.78. The molecule has 0 saturated heterocycles. The van der Waals surface area contributed by atoms with Crippen molar-refractivity contribution in [3.8, 4) is 29.6 Å². The van der Waals surface area contributed by atoms with E-state index in [1.807, 2.05) is 66.7 Å². The molecule has 0 saturated carbocycles. The van der Waals surface area contributed by atoms with Crippen molar-refractivity contribution in [2.75, 3.05) is 0 Å². The highest BCUT2D eigenvalue weighted by molar-refractivity contribution is 6.14. The molecule has 0 amide bonds. The van der Waals surface area contributed by atoms with Crippen molar-refractivity contribution in [2.24, 2.45) is 0 Å². The molecule has 6 aromatic carbocycles. The zero-order valence-corrected chi connectivity index (χ0v) is 23.6. The van der Waals surface area contributed by atoms with Gasteiger partial charge in [-0.2, -0.15) is 15.8 Å². The van der Waals surface area contributed by atoms with Crippen LogP contribution in [0.25, 0.3) is 76.9 Å². The summed E-state index contributed by atoms with van der Waals surface area (Å²) in [6.07, 6.45) is 0. The average Bonchev–Trinajstić information content (AvgIpc) is 3.74. The number of fused-ring (bicyclic) bond motifs is 9. The van der Waals surface area contributed by atoms with Crippen LogP contribution in [0.4, 0.5) is 0 Å². The van der Waals surface area contributed by atoms with Gasteiger partial charge in [0.15, 0.2) is 5.58 Å². The maximum atomic E-state index is 9.61. The second kappa shape index (κ2) is 9.09. The summed E-state index contributed by atoms with van der Waals surface area (Å²) in [5, 5.41) is 34.6. The van der Waals surface area contributed by atoms with E-state index in [0.29, 0.717) is 16.7 Å². The van der Waals surface area contributed by atoms with E-state index in [1.54, 1.807) is 6.07 Å². The normalized spacial score (nSPS) is 11.5. The fourth-order valence-electron chi connectivity index (χ4n) is 6.83. The van der Waals surface area contributed by atoms with Gasteiger partial charge in [-0.25, -0.2) is 0 Å². The predicted molar refractivity (Wildman–Crippen MR) is 177 cm³/mol. The van der Waals surface area contributed by atoms with Crippen LogP contribution in [-0.2, 0) is 0 Å². The number of hydrogen-bond acceptors (Lipinski definition) is 4. The van der Waals surface area contributed by atoms with Gasteiger partial charge in [0.1, 0.15) is 5.58 Å². The molecule has 6 nitrogen and oxygen atoms in total. The van der Waals surface area contributed by atoms with Crippen LogP contribution in [0.2, 0.25) is 0 Å². The molecule has 0 aliphatic rings. The molecular formula is C39H19N5O. The Morgan fingerprint density at radius 3 is 1.71 bits per heavy atom. The first kappa shape index (κ1) is 24.8. The van der Waals surface area contributed by atoms with E-state index in [9.17, 15) is 15.8 Å². The Kier molecular flexibility index (Phi) is 5.00.